The second kappa shape index (κ2) is 62.0. The van der Waals surface area contributed by atoms with Crippen LogP contribution in [0.1, 0.15) is 316 Å². The van der Waals surface area contributed by atoms with Crippen molar-refractivity contribution >= 4 is 17.9 Å². The van der Waals surface area contributed by atoms with Crippen molar-refractivity contribution in [1.82, 2.24) is 0 Å². The summed E-state index contributed by atoms with van der Waals surface area (Å²) in [5, 5.41) is 9.74. The lowest BCUT2D eigenvalue weighted by Crippen LogP contribution is -2.40. The van der Waals surface area contributed by atoms with Gasteiger partial charge in [0.15, 0.2) is 6.10 Å². The maximum Gasteiger partial charge on any atom is 0.361 e. The number of allylic oxidation sites excluding steroid dienone is 10. The van der Waals surface area contributed by atoms with E-state index >= 15 is 0 Å². The normalized spacial score (nSPS) is 13.1. The van der Waals surface area contributed by atoms with E-state index in [1.807, 2.05) is 21.1 Å². The van der Waals surface area contributed by atoms with E-state index < -0.39 is 24.3 Å². The van der Waals surface area contributed by atoms with Crippen LogP contribution in [0.5, 0.6) is 0 Å². The largest absolute Gasteiger partial charge is 0.477 e. The van der Waals surface area contributed by atoms with Gasteiger partial charge in [0.25, 0.3) is 6.29 Å². The molecule has 0 aromatic carbocycles. The molecular formula is C71H130NO8+. The summed E-state index contributed by atoms with van der Waals surface area (Å²) in [6.07, 6.45) is 77.6. The number of carboxylic acid groups (broad SMARTS) is 1. The van der Waals surface area contributed by atoms with Crippen molar-refractivity contribution in [3.8, 4) is 0 Å². The minimum atomic E-state index is -1.51. The van der Waals surface area contributed by atoms with E-state index in [1.165, 1.54) is 212 Å². The third-order valence-corrected chi connectivity index (χ3v) is 15.0. The summed E-state index contributed by atoms with van der Waals surface area (Å²) in [7, 11) is 5.98. The molecule has 0 rings (SSSR count). The molecule has 0 spiro atoms. The maximum absolute atomic E-state index is 12.9. The summed E-state index contributed by atoms with van der Waals surface area (Å²) in [6, 6.07) is 0. The number of nitrogens with zero attached hydrogens (tertiary/aromatic N) is 1. The van der Waals surface area contributed by atoms with Crippen LogP contribution in [-0.4, -0.2) is 87.4 Å². The molecule has 1 N–H and O–H groups in total. The van der Waals surface area contributed by atoms with E-state index in [1.54, 1.807) is 0 Å². The van der Waals surface area contributed by atoms with Gasteiger partial charge in [-0.05, 0) is 57.8 Å². The number of carbonyl (C=O) groups excluding carboxylic acids is 2. The summed E-state index contributed by atoms with van der Waals surface area (Å²) in [4.78, 5) is 37.6. The molecule has 80 heavy (non-hydrogen) atoms. The zero-order valence-corrected chi connectivity index (χ0v) is 53.2. The zero-order valence-electron chi connectivity index (χ0n) is 53.2. The molecule has 0 aliphatic heterocycles. The predicted octanol–water partition coefficient (Wildman–Crippen LogP) is 20.7. The Kier molecular flexibility index (Phi) is 59.7. The molecule has 2 atom stereocenters. The summed E-state index contributed by atoms with van der Waals surface area (Å²) in [6.45, 7) is 4.81. The first-order valence-corrected chi connectivity index (χ1v) is 34.0. The fourth-order valence-electron chi connectivity index (χ4n) is 9.87. The summed E-state index contributed by atoms with van der Waals surface area (Å²) in [5.74, 6) is -1.99. The Morgan fingerprint density at radius 1 is 0.388 bits per heavy atom. The fourth-order valence-corrected chi connectivity index (χ4v) is 9.87. The van der Waals surface area contributed by atoms with Gasteiger partial charge in [0.05, 0.1) is 34.4 Å². The van der Waals surface area contributed by atoms with Crippen molar-refractivity contribution in [3.05, 3.63) is 60.8 Å². The van der Waals surface area contributed by atoms with Crippen LogP contribution in [0.3, 0.4) is 0 Å². The van der Waals surface area contributed by atoms with Gasteiger partial charge in [0.2, 0.25) is 0 Å². The smallest absolute Gasteiger partial charge is 0.361 e. The van der Waals surface area contributed by atoms with Crippen LogP contribution >= 0.6 is 0 Å². The molecule has 0 aliphatic rings. The third-order valence-electron chi connectivity index (χ3n) is 15.0. The predicted molar refractivity (Wildman–Crippen MR) is 341 cm³/mol. The van der Waals surface area contributed by atoms with Crippen LogP contribution in [0.2, 0.25) is 0 Å². The number of unbranched alkanes of at least 4 members (excludes halogenated alkanes) is 38. The average Bonchev–Trinajstić information content (AvgIpc) is 3.43. The lowest BCUT2D eigenvalue weighted by Gasteiger charge is -2.25. The van der Waals surface area contributed by atoms with Crippen molar-refractivity contribution in [1.29, 1.82) is 0 Å². The van der Waals surface area contributed by atoms with Gasteiger partial charge in [-0.3, -0.25) is 9.59 Å². The van der Waals surface area contributed by atoms with E-state index in [2.05, 4.69) is 74.6 Å². The number of hydrogen-bond acceptors (Lipinski definition) is 7. The zero-order chi connectivity index (χ0) is 58.3. The standard InChI is InChI=1S/C71H129NO8/c1-6-8-10-12-14-16-18-20-22-24-26-28-30-32-34-36-37-39-41-43-45-47-49-51-53-55-57-59-61-68(73)78-65-67(66-79-71(70(75)76)77-64-63-72(3,4)5)80-69(74)62-60-58-56-54-52-50-48-46-44-42-40-38-35-33-31-29-27-25-23-21-19-17-15-13-11-9-7-2/h9,11,15,17,21,23,27,29,33,35,67,71H,6-8,10,12-14,16,18-20,22,24-26,28,30-32,34,36-66H2,1-5H3/p+1/b11-9-,17-15-,23-21-,29-27-,35-33-. The lowest BCUT2D eigenvalue weighted by atomic mass is 10.0. The molecule has 0 heterocycles. The summed E-state index contributed by atoms with van der Waals surface area (Å²) >= 11 is 0. The minimum absolute atomic E-state index is 0.181. The Morgan fingerprint density at radius 3 is 1.06 bits per heavy atom. The number of carboxylic acids is 1. The fraction of sp³-hybridized carbons (Fsp3) is 0.817. The van der Waals surface area contributed by atoms with Crippen molar-refractivity contribution < 1.29 is 42.9 Å². The quantitative estimate of drug-likeness (QED) is 0.0211. The molecule has 9 nitrogen and oxygen atoms in total. The average molecular weight is 1130 g/mol. The third kappa shape index (κ3) is 62.6. The number of rotatable bonds is 63. The first kappa shape index (κ1) is 77.0. The molecule has 0 saturated heterocycles. The summed E-state index contributed by atoms with van der Waals surface area (Å²) < 4.78 is 23.0. The highest BCUT2D eigenvalue weighted by Crippen LogP contribution is 2.18. The van der Waals surface area contributed by atoms with E-state index in [4.69, 9.17) is 18.9 Å². The lowest BCUT2D eigenvalue weighted by molar-refractivity contribution is -0.870. The number of aliphatic carboxylic acids is 1. The highest BCUT2D eigenvalue weighted by atomic mass is 16.7. The molecule has 0 aromatic heterocycles. The number of esters is 2. The summed E-state index contributed by atoms with van der Waals surface area (Å²) in [5.41, 5.74) is 0. The van der Waals surface area contributed by atoms with Crippen LogP contribution in [0.25, 0.3) is 0 Å². The Morgan fingerprint density at radius 2 is 0.713 bits per heavy atom. The highest BCUT2D eigenvalue weighted by molar-refractivity contribution is 5.71. The van der Waals surface area contributed by atoms with Crippen molar-refractivity contribution in [2.45, 2.75) is 328 Å². The van der Waals surface area contributed by atoms with Gasteiger partial charge in [-0.25, -0.2) is 4.79 Å². The Balaban J connectivity index is 4.12. The van der Waals surface area contributed by atoms with Gasteiger partial charge in [-0.2, -0.15) is 0 Å². The van der Waals surface area contributed by atoms with Gasteiger partial charge in [0.1, 0.15) is 13.2 Å². The Hall–Kier alpha value is -3.01. The first-order valence-electron chi connectivity index (χ1n) is 34.0. The number of likely N-dealkylation sites (N-methyl/N-ethyl adjacent to an activating group) is 1. The molecule has 0 amide bonds. The number of carbonyl (C=O) groups is 3. The van der Waals surface area contributed by atoms with Gasteiger partial charge < -0.3 is 28.5 Å². The number of quaternary nitrogens is 1. The van der Waals surface area contributed by atoms with Gasteiger partial charge in [-0.15, -0.1) is 0 Å². The van der Waals surface area contributed by atoms with E-state index in [9.17, 15) is 19.5 Å². The maximum atomic E-state index is 12.9. The Labute approximate surface area is 495 Å². The molecular weight excluding hydrogens is 995 g/mol. The van der Waals surface area contributed by atoms with E-state index in [0.717, 1.165) is 77.0 Å². The van der Waals surface area contributed by atoms with Gasteiger partial charge in [0, 0.05) is 12.8 Å². The molecule has 0 bridgehead atoms. The molecule has 2 unspecified atom stereocenters. The second-order valence-electron chi connectivity index (χ2n) is 24.1. The molecule has 0 fully saturated rings. The number of ether oxygens (including phenoxy) is 4. The van der Waals surface area contributed by atoms with Crippen LogP contribution in [0.15, 0.2) is 60.8 Å². The number of hydrogen-bond donors (Lipinski definition) is 1. The van der Waals surface area contributed by atoms with E-state index in [0.29, 0.717) is 17.4 Å². The van der Waals surface area contributed by atoms with Crippen molar-refractivity contribution in [2.75, 3.05) is 47.5 Å². The molecule has 0 aliphatic carbocycles. The SMILES string of the molecule is CC/C=C\C/C=C\C/C=C\C/C=C\C/C=C\CCCCCCCCCCCCCC(=O)OC(COC(=O)CCCCCCCCCCCCCCCCCCCCCCCCCCCCCC)COC(OCC[N+](C)(C)C)C(=O)O. The van der Waals surface area contributed by atoms with E-state index in [-0.39, 0.29) is 32.2 Å². The molecule has 0 aromatic rings. The molecule has 466 valence electrons. The Bertz CT molecular complexity index is 1500. The van der Waals surface area contributed by atoms with Gasteiger partial charge in [-0.1, -0.05) is 306 Å². The van der Waals surface area contributed by atoms with Crippen LogP contribution < -0.4 is 0 Å². The van der Waals surface area contributed by atoms with Gasteiger partial charge >= 0.3 is 17.9 Å². The second-order valence-corrected chi connectivity index (χ2v) is 24.1. The monoisotopic (exact) mass is 1120 g/mol. The van der Waals surface area contributed by atoms with Crippen LogP contribution in [-0.2, 0) is 33.3 Å². The first-order chi connectivity index (χ1) is 39.1. The molecule has 0 saturated carbocycles. The van der Waals surface area contributed by atoms with Crippen molar-refractivity contribution in [2.24, 2.45) is 0 Å². The topological polar surface area (TPSA) is 108 Å². The van der Waals surface area contributed by atoms with Crippen molar-refractivity contribution in [3.63, 3.8) is 0 Å². The molecule has 0 radical (unpaired) electrons. The van der Waals surface area contributed by atoms with Crippen LogP contribution in [0, 0.1) is 0 Å². The molecule has 9 heteroatoms. The highest BCUT2D eigenvalue weighted by Gasteiger charge is 2.25. The van der Waals surface area contributed by atoms with Crippen LogP contribution in [0.4, 0.5) is 0 Å². The minimum Gasteiger partial charge on any atom is -0.477 e.